The second kappa shape index (κ2) is 54.8. The quantitative estimate of drug-likeness (QED) is 0.0396. The van der Waals surface area contributed by atoms with Crippen molar-refractivity contribution in [2.75, 3.05) is 166 Å². The van der Waals surface area contributed by atoms with Gasteiger partial charge in [-0.2, -0.15) is 20.0 Å². The minimum Gasteiger partial charge on any atom is -0.409 e. The molecule has 9 aliphatic rings. The number of amidine groups is 4. The molecule has 31 nitrogen and oxygen atoms in total. The Morgan fingerprint density at radius 1 is 0.372 bits per heavy atom. The van der Waals surface area contributed by atoms with Gasteiger partial charge in [-0.15, -0.1) is 0 Å². The molecule has 13 rings (SSSR count). The van der Waals surface area contributed by atoms with Gasteiger partial charge in [0.1, 0.15) is 46.3 Å². The number of nitrogens with one attached hydrogen (secondary N) is 4. The third-order valence-electron chi connectivity index (χ3n) is 20.8. The molecule has 9 aliphatic heterocycles. The van der Waals surface area contributed by atoms with Crippen LogP contribution in [0.2, 0.25) is 0 Å². The summed E-state index contributed by atoms with van der Waals surface area (Å²) >= 11 is 5.01. The molecule has 4 aromatic rings. The lowest BCUT2D eigenvalue weighted by molar-refractivity contribution is -0.114. The maximum atomic E-state index is 14.0. The van der Waals surface area contributed by atoms with Crippen molar-refractivity contribution in [2.24, 2.45) is 20.0 Å². The summed E-state index contributed by atoms with van der Waals surface area (Å²) in [5.74, 6) is -3.22. The molecule has 129 heavy (non-hydrogen) atoms. The van der Waals surface area contributed by atoms with Crippen LogP contribution in [-0.2, 0) is 19.2 Å². The molecule has 5 saturated heterocycles. The van der Waals surface area contributed by atoms with Gasteiger partial charge in [-0.05, 0) is 251 Å². The second-order valence-electron chi connectivity index (χ2n) is 30.2. The molecule has 0 spiro atoms. The van der Waals surface area contributed by atoms with Crippen LogP contribution in [-0.4, -0.2) is 289 Å². The molecule has 4 aromatic carbocycles. The predicted octanol–water partition coefficient (Wildman–Crippen LogP) is 15.4. The van der Waals surface area contributed by atoms with Crippen LogP contribution in [0.25, 0.3) is 24.3 Å². The number of carbonyl (C=O) groups is 8. The van der Waals surface area contributed by atoms with Crippen molar-refractivity contribution in [1.82, 2.24) is 76.0 Å². The van der Waals surface area contributed by atoms with Crippen molar-refractivity contribution in [1.29, 1.82) is 0 Å². The molecular weight excluding hydrogens is 1740 g/mol. The number of hydrazine groups is 4. The number of benzene rings is 4. The summed E-state index contributed by atoms with van der Waals surface area (Å²) in [5, 5.41) is 9.91. The van der Waals surface area contributed by atoms with E-state index in [2.05, 4.69) is 79.2 Å². The third kappa shape index (κ3) is 33.0. The molecular formula is C90H129F4N19O12S4. The number of aliphatic imine (C=N–C) groups is 4. The maximum absolute atomic E-state index is 14.0. The molecule has 0 bridgehead atoms. The molecule has 0 unspecified atom stereocenters. The Balaban J connectivity index is 0.000000263. The first-order valence-corrected chi connectivity index (χ1v) is 45.8. The van der Waals surface area contributed by atoms with E-state index in [0.717, 1.165) is 181 Å². The van der Waals surface area contributed by atoms with E-state index in [1.165, 1.54) is 118 Å². The molecule has 0 aromatic heterocycles. The van der Waals surface area contributed by atoms with Crippen molar-refractivity contribution in [3.8, 4) is 23.0 Å². The Morgan fingerprint density at radius 2 is 0.667 bits per heavy atom. The highest BCUT2D eigenvalue weighted by molar-refractivity contribution is 8.19. The Kier molecular flexibility index (Phi) is 46.0. The molecule has 4 N–H and O–H groups in total. The van der Waals surface area contributed by atoms with E-state index in [0.29, 0.717) is 108 Å². The Morgan fingerprint density at radius 3 is 0.961 bits per heavy atom. The lowest BCUT2D eigenvalue weighted by atomic mass is 10.1. The second-order valence-corrected chi connectivity index (χ2v) is 34.2. The number of hydrogen-bond acceptors (Lipinski definition) is 27. The van der Waals surface area contributed by atoms with E-state index in [9.17, 15) is 55.9 Å². The number of rotatable bonds is 23. The summed E-state index contributed by atoms with van der Waals surface area (Å²) in [7, 11) is 7.20. The number of halogens is 4. The minimum atomic E-state index is -0.581. The largest absolute Gasteiger partial charge is 0.415 e. The number of amides is 8. The number of likely N-dealkylation sites (tertiary alicyclic amines) is 1. The summed E-state index contributed by atoms with van der Waals surface area (Å²) in [4.78, 5) is 131. The Bertz CT molecular complexity index is 4710. The van der Waals surface area contributed by atoms with Crippen LogP contribution in [0.3, 0.4) is 0 Å². The van der Waals surface area contributed by atoms with Gasteiger partial charge in [-0.3, -0.25) is 39.2 Å². The fraction of sp³-hybridized carbons (Fsp3) is 0.511. The fourth-order valence-electron chi connectivity index (χ4n) is 13.4. The highest BCUT2D eigenvalue weighted by Gasteiger charge is 2.34. The molecule has 0 radical (unpaired) electrons. The van der Waals surface area contributed by atoms with Crippen LogP contribution in [0, 0.1) is 23.3 Å². The molecule has 39 heteroatoms. The van der Waals surface area contributed by atoms with E-state index in [4.69, 9.17) is 18.9 Å². The van der Waals surface area contributed by atoms with Gasteiger partial charge in [0.05, 0.1) is 19.6 Å². The summed E-state index contributed by atoms with van der Waals surface area (Å²) < 4.78 is 77.5. The van der Waals surface area contributed by atoms with Crippen molar-refractivity contribution in [2.45, 2.75) is 141 Å². The van der Waals surface area contributed by atoms with E-state index < -0.39 is 47.6 Å². The van der Waals surface area contributed by atoms with E-state index >= 15 is 0 Å². The molecule has 0 aliphatic carbocycles. The van der Waals surface area contributed by atoms with Crippen LogP contribution in [0.5, 0.6) is 23.0 Å². The van der Waals surface area contributed by atoms with Crippen LogP contribution in [0.1, 0.15) is 164 Å². The number of ether oxygens (including phenoxy) is 4. The van der Waals surface area contributed by atoms with Crippen molar-refractivity contribution >= 4 is 140 Å². The first-order valence-electron chi connectivity index (χ1n) is 42.5. The topological polar surface area (TPSA) is 307 Å². The van der Waals surface area contributed by atoms with Crippen LogP contribution in [0.15, 0.2) is 112 Å². The van der Waals surface area contributed by atoms with Crippen molar-refractivity contribution in [3.05, 3.63) is 138 Å². The molecule has 708 valence electrons. The van der Waals surface area contributed by atoms with E-state index in [1.54, 1.807) is 48.2 Å². The zero-order valence-electron chi connectivity index (χ0n) is 72.3. The van der Waals surface area contributed by atoms with Gasteiger partial charge >= 0.3 is 24.4 Å². The highest BCUT2D eigenvalue weighted by Crippen LogP contribution is 2.38. The van der Waals surface area contributed by atoms with Gasteiger partial charge in [0.15, 0.2) is 20.7 Å². The molecule has 9 heterocycles. The van der Waals surface area contributed by atoms with Gasteiger partial charge in [0, 0.05) is 165 Å². The van der Waals surface area contributed by atoms with Gasteiger partial charge in [-0.25, -0.2) is 58.4 Å². The lowest BCUT2D eigenvalue weighted by Gasteiger charge is -2.28. The van der Waals surface area contributed by atoms with Crippen LogP contribution in [0.4, 0.5) is 36.7 Å². The number of likely N-dealkylation sites (N-methyl/N-ethyl adjacent to an activating group) is 4. The molecule has 0 atom stereocenters. The van der Waals surface area contributed by atoms with Crippen molar-refractivity contribution in [3.63, 3.8) is 0 Å². The summed E-state index contributed by atoms with van der Waals surface area (Å²) in [5.41, 5.74) is 14.7. The molecule has 0 saturated carbocycles. The average molecular weight is 1870 g/mol. The van der Waals surface area contributed by atoms with Gasteiger partial charge < -0.3 is 53.2 Å². The monoisotopic (exact) mass is 1870 g/mol. The molecule has 8 amide bonds. The standard InChI is InChI=1S/C23H32FN5O3S.C22H30FN5O3S.C21H28FN5O3S.C20H23FN4O3S.4CH4/c1-4-27(5-2)13-14-28(6-3)23(31)32-19-16-18(24)10-9-17(19)15-20-21(30)26-22(33-20)29-12-8-7-11-25-29;1-4-27(5-2)13-12-26(3)22(30)31-18-15-17(23)9-8-16(18)14-19-20(29)25-21(32-19)28-11-7-6-10-24-28;1-25(2)10-6-11-26(3)21(29)30-17-14-16(22)8-7-15(17)13-18-19(28)24-20(31-18)27-12-5-4-9-23-27;21-15-7-6-14(16(13-15)28-20(27)24-9-3-1-4-10-24)12-17-18(26)23-19(29-17)25-11-5-2-8-22-25;;;;/h9-10,15-16,25H,4-8,11-14H2,1-3H3;8-9,14-15,24H,4-7,10-13H2,1-3H3;7-8,13-14,23H,4-6,9-12H2,1-3H3;6-7,12-13,22H,1-5,8-11H2;4*1H4/b20-15+;19-14+;18-13+;17-12+;;;;. The summed E-state index contributed by atoms with van der Waals surface area (Å²) in [6, 6.07) is 15.7. The van der Waals surface area contributed by atoms with E-state index in [1.807, 2.05) is 46.0 Å². The third-order valence-corrected chi connectivity index (χ3v) is 24.9. The van der Waals surface area contributed by atoms with Gasteiger partial charge in [-0.1, -0.05) is 57.4 Å². The zero-order valence-corrected chi connectivity index (χ0v) is 75.6. The smallest absolute Gasteiger partial charge is 0.409 e. The number of piperidine rings is 1. The van der Waals surface area contributed by atoms with E-state index in [-0.39, 0.29) is 76.3 Å². The first-order chi connectivity index (χ1) is 60.3. The number of nitrogens with zero attached hydrogens (tertiary/aromatic N) is 15. The maximum Gasteiger partial charge on any atom is 0.415 e. The van der Waals surface area contributed by atoms with Gasteiger partial charge in [0.25, 0.3) is 23.6 Å². The van der Waals surface area contributed by atoms with Crippen LogP contribution >= 0.6 is 47.0 Å². The van der Waals surface area contributed by atoms with Crippen molar-refractivity contribution < 1.29 is 74.9 Å². The Hall–Kier alpha value is -9.68. The fourth-order valence-corrected chi connectivity index (χ4v) is 17.1. The number of carbonyl (C=O) groups excluding carboxylic acids is 8. The minimum absolute atomic E-state index is 0. The predicted molar refractivity (Wildman–Crippen MR) is 511 cm³/mol. The number of hydrogen-bond donors (Lipinski definition) is 4. The average Bonchev–Trinajstić information content (AvgIpc) is 1.69. The first kappa shape index (κ1) is 108. The summed E-state index contributed by atoms with van der Waals surface area (Å²) in [6.45, 7) is 25.8. The van der Waals surface area contributed by atoms with Crippen LogP contribution < -0.4 is 40.7 Å². The molecule has 5 fully saturated rings. The Labute approximate surface area is 774 Å². The van der Waals surface area contributed by atoms with Gasteiger partial charge in [0.2, 0.25) is 0 Å². The normalized spacial score (nSPS) is 18.1. The SMILES string of the molecule is C.C.C.C.CCN(CC)CCN(C)C(=O)Oc1cc(F)ccc1/C=C1/SC(N2CCCCN2)=NC1=O.CCN(CC)CCN(CC)C(=O)Oc1cc(F)ccc1/C=C1/SC(N2CCCCN2)=NC1=O.CN(C)CCCN(C)C(=O)Oc1cc(F)ccc1/C=C1/SC(N2CCCCN2)=NC1=O.O=C1N=C(N2CCCCN2)S/C1=C/c1ccc(F)cc1OC(=O)N1CCCCC1. The highest BCUT2D eigenvalue weighted by atomic mass is 32.2. The zero-order chi connectivity index (χ0) is 89.5. The number of thioether (sulfide) groups is 4. The summed E-state index contributed by atoms with van der Waals surface area (Å²) in [6.07, 6.45) is 16.4. The lowest BCUT2D eigenvalue weighted by Crippen LogP contribution is -2.45.